The van der Waals surface area contributed by atoms with Gasteiger partial charge in [-0.25, -0.2) is 0 Å². The lowest BCUT2D eigenvalue weighted by molar-refractivity contribution is 0.100. The minimum Gasteiger partial charge on any atom is -0.456 e. The monoisotopic (exact) mass is 494 g/mol. The Morgan fingerprint density at radius 3 is 1.21 bits per heavy atom. The molecule has 0 bridgehead atoms. The van der Waals surface area contributed by atoms with Crippen LogP contribution in [0.25, 0.3) is 66.1 Å². The fourth-order valence-corrected chi connectivity index (χ4v) is 5.43. The number of hydrogen-bond acceptors (Lipinski definition) is 4. The molecule has 0 radical (unpaired) electrons. The Hall–Kier alpha value is -4.96. The average molecular weight is 495 g/mol. The molecule has 182 valence electrons. The van der Waals surface area contributed by atoms with Crippen molar-refractivity contribution in [1.82, 2.24) is 0 Å². The third kappa shape index (κ3) is 3.38. The third-order valence-corrected chi connectivity index (χ3v) is 7.27. The molecular weight excluding hydrogens is 472 g/mol. The Morgan fingerprint density at radius 1 is 0.500 bits per heavy atom. The molecule has 0 amide bonds. The number of Topliss-reactive ketones (excluding diaryl/α,β-unsaturated/α-hetero) is 2. The van der Waals surface area contributed by atoms with Gasteiger partial charge in [-0.1, -0.05) is 48.5 Å². The molecular formula is C34H22O4. The summed E-state index contributed by atoms with van der Waals surface area (Å²) in [6.07, 6.45) is 0. The molecule has 0 N–H and O–H groups in total. The normalized spacial score (nSPS) is 11.6. The highest BCUT2D eigenvalue weighted by molar-refractivity contribution is 6.21. The van der Waals surface area contributed by atoms with Gasteiger partial charge in [0.2, 0.25) is 0 Å². The number of carbonyl (C=O) groups excluding carboxylic acids is 2. The zero-order chi connectivity index (χ0) is 26.0. The topological polar surface area (TPSA) is 60.4 Å². The van der Waals surface area contributed by atoms with Crippen LogP contribution >= 0.6 is 0 Å². The molecule has 0 aliphatic carbocycles. The summed E-state index contributed by atoms with van der Waals surface area (Å²) < 4.78 is 12.7. The number of furan rings is 2. The Labute approximate surface area is 218 Å². The molecule has 38 heavy (non-hydrogen) atoms. The smallest absolute Gasteiger partial charge is 0.159 e. The summed E-state index contributed by atoms with van der Waals surface area (Å²) in [6.45, 7) is 3.14. The lowest BCUT2D eigenvalue weighted by Gasteiger charge is -2.14. The first kappa shape index (κ1) is 22.3. The van der Waals surface area contributed by atoms with Crippen molar-refractivity contribution in [2.24, 2.45) is 0 Å². The van der Waals surface area contributed by atoms with Crippen LogP contribution in [-0.4, -0.2) is 11.6 Å². The Balaban J connectivity index is 1.54. The first-order chi connectivity index (χ1) is 18.5. The fourth-order valence-electron chi connectivity index (χ4n) is 5.43. The molecule has 0 aliphatic rings. The molecule has 0 saturated carbocycles. The number of hydrogen-bond donors (Lipinski definition) is 0. The largest absolute Gasteiger partial charge is 0.456 e. The predicted molar refractivity (Wildman–Crippen MR) is 152 cm³/mol. The molecule has 0 unspecified atom stereocenters. The predicted octanol–water partition coefficient (Wildman–Crippen LogP) is 9.22. The average Bonchev–Trinajstić information content (AvgIpc) is 3.54. The van der Waals surface area contributed by atoms with E-state index in [-0.39, 0.29) is 11.6 Å². The highest BCUT2D eigenvalue weighted by Gasteiger charge is 2.21. The second kappa shape index (κ2) is 8.29. The van der Waals surface area contributed by atoms with Crippen molar-refractivity contribution in [2.75, 3.05) is 0 Å². The van der Waals surface area contributed by atoms with E-state index in [1.165, 1.54) is 0 Å². The van der Waals surface area contributed by atoms with Crippen molar-refractivity contribution >= 4 is 55.0 Å². The van der Waals surface area contributed by atoms with E-state index in [1.807, 2.05) is 60.7 Å². The van der Waals surface area contributed by atoms with Crippen molar-refractivity contribution in [2.45, 2.75) is 13.8 Å². The van der Waals surface area contributed by atoms with Gasteiger partial charge in [0.25, 0.3) is 0 Å². The van der Waals surface area contributed by atoms with Crippen molar-refractivity contribution < 1.29 is 18.4 Å². The van der Waals surface area contributed by atoms with Crippen LogP contribution < -0.4 is 0 Å². The lowest BCUT2D eigenvalue weighted by atomic mass is 9.89. The highest BCUT2D eigenvalue weighted by atomic mass is 16.3. The maximum atomic E-state index is 11.9. The molecule has 7 aromatic rings. The zero-order valence-corrected chi connectivity index (χ0v) is 20.9. The van der Waals surface area contributed by atoms with Crippen molar-refractivity contribution in [3.8, 4) is 22.6 Å². The summed E-state index contributed by atoms with van der Waals surface area (Å²) in [7, 11) is 0. The minimum absolute atomic E-state index is 0.0242. The summed E-state index contributed by atoms with van der Waals surface area (Å²) in [5, 5.41) is 5.94. The van der Waals surface area contributed by atoms with Crippen LogP contribution in [0.1, 0.15) is 34.6 Å². The van der Waals surface area contributed by atoms with E-state index in [0.717, 1.165) is 66.1 Å². The van der Waals surface area contributed by atoms with Crippen LogP contribution in [0.2, 0.25) is 0 Å². The van der Waals surface area contributed by atoms with Crippen molar-refractivity contribution in [3.05, 3.63) is 108 Å². The Morgan fingerprint density at radius 2 is 0.868 bits per heavy atom. The van der Waals surface area contributed by atoms with E-state index < -0.39 is 0 Å². The minimum atomic E-state index is 0.0242. The van der Waals surface area contributed by atoms with E-state index in [0.29, 0.717) is 11.1 Å². The van der Waals surface area contributed by atoms with E-state index in [4.69, 9.17) is 8.83 Å². The van der Waals surface area contributed by atoms with Crippen LogP contribution in [0.5, 0.6) is 0 Å². The number of fused-ring (bicyclic) bond motifs is 4. The Bertz CT molecular complexity index is 1880. The number of benzene rings is 5. The van der Waals surface area contributed by atoms with Gasteiger partial charge >= 0.3 is 0 Å². The molecule has 4 heteroatoms. The van der Waals surface area contributed by atoms with Gasteiger partial charge in [-0.15, -0.1) is 0 Å². The number of carbonyl (C=O) groups is 2. The number of rotatable bonds is 4. The maximum absolute atomic E-state index is 11.9. The second-order valence-electron chi connectivity index (χ2n) is 9.68. The maximum Gasteiger partial charge on any atom is 0.159 e. The second-order valence-corrected chi connectivity index (χ2v) is 9.68. The van der Waals surface area contributed by atoms with Gasteiger partial charge in [-0.3, -0.25) is 9.59 Å². The zero-order valence-electron chi connectivity index (χ0n) is 20.9. The SMILES string of the molecule is CC(=O)c1ccc2oc(-c3c4ccccc4c(-c4cc5cc(C(C)=O)ccc5o4)c4ccccc34)cc2c1. The van der Waals surface area contributed by atoms with Gasteiger partial charge in [0.05, 0.1) is 0 Å². The fraction of sp³-hybridized carbons (Fsp3) is 0.0588. The molecule has 4 nitrogen and oxygen atoms in total. The van der Waals surface area contributed by atoms with Crippen molar-refractivity contribution in [1.29, 1.82) is 0 Å². The van der Waals surface area contributed by atoms with Crippen LogP contribution in [-0.2, 0) is 0 Å². The Kier molecular flexibility index (Phi) is 4.85. The highest BCUT2D eigenvalue weighted by Crippen LogP contribution is 2.45. The molecule has 0 spiro atoms. The van der Waals surface area contributed by atoms with Crippen LogP contribution in [0.15, 0.2) is 106 Å². The van der Waals surface area contributed by atoms with Gasteiger partial charge < -0.3 is 8.83 Å². The quantitative estimate of drug-likeness (QED) is 0.181. The summed E-state index contributed by atoms with van der Waals surface area (Å²) in [6, 6.07) is 31.6. The van der Waals surface area contributed by atoms with Crippen LogP contribution in [0, 0.1) is 0 Å². The summed E-state index contributed by atoms with van der Waals surface area (Å²) in [4.78, 5) is 23.9. The van der Waals surface area contributed by atoms with Gasteiger partial charge in [-0.05, 0) is 83.9 Å². The molecule has 0 saturated heterocycles. The first-order valence-corrected chi connectivity index (χ1v) is 12.5. The van der Waals surface area contributed by atoms with Crippen molar-refractivity contribution in [3.63, 3.8) is 0 Å². The van der Waals surface area contributed by atoms with Crippen LogP contribution in [0.4, 0.5) is 0 Å². The van der Waals surface area contributed by atoms with Crippen LogP contribution in [0.3, 0.4) is 0 Å². The van der Waals surface area contributed by atoms with E-state index in [9.17, 15) is 9.59 Å². The van der Waals surface area contributed by atoms with Gasteiger partial charge in [-0.2, -0.15) is 0 Å². The molecule has 7 rings (SSSR count). The van der Waals surface area contributed by atoms with E-state index >= 15 is 0 Å². The summed E-state index contributed by atoms with van der Waals surface area (Å²) in [5.74, 6) is 1.54. The molecule has 0 fully saturated rings. The van der Waals surface area contributed by atoms with Gasteiger partial charge in [0, 0.05) is 33.0 Å². The lowest BCUT2D eigenvalue weighted by Crippen LogP contribution is -1.89. The summed E-state index contributed by atoms with van der Waals surface area (Å²) >= 11 is 0. The van der Waals surface area contributed by atoms with E-state index in [1.54, 1.807) is 26.0 Å². The summed E-state index contributed by atoms with van der Waals surface area (Å²) in [5.41, 5.74) is 4.79. The first-order valence-electron chi connectivity index (χ1n) is 12.5. The van der Waals surface area contributed by atoms with Gasteiger partial charge in [0.15, 0.2) is 11.6 Å². The van der Waals surface area contributed by atoms with Gasteiger partial charge in [0.1, 0.15) is 22.7 Å². The molecule has 2 aromatic heterocycles. The number of ketones is 2. The third-order valence-electron chi connectivity index (χ3n) is 7.27. The molecule has 2 heterocycles. The molecule has 0 atom stereocenters. The van der Waals surface area contributed by atoms with E-state index in [2.05, 4.69) is 24.3 Å². The molecule has 0 aliphatic heterocycles. The standard InChI is InChI=1S/C34H22O4/c1-19(35)21-11-13-29-23(15-21)17-31(37-29)33-25-7-3-5-9-27(25)34(28-10-6-4-8-26(28)33)32-18-24-16-22(20(2)36)12-14-30(24)38-32/h3-18H,1-2H3. The molecule has 5 aromatic carbocycles.